The molecule has 7 nitrogen and oxygen atoms in total. The number of ether oxygens (including phenoxy) is 1. The van der Waals surface area contributed by atoms with E-state index in [0.29, 0.717) is 19.3 Å². The number of carboxylic acid groups (broad SMARTS) is 1. The van der Waals surface area contributed by atoms with Crippen molar-refractivity contribution in [3.8, 4) is 0 Å². The summed E-state index contributed by atoms with van der Waals surface area (Å²) in [6.45, 7) is 1.10. The predicted octanol–water partition coefficient (Wildman–Crippen LogP) is -0.368. The van der Waals surface area contributed by atoms with Crippen molar-refractivity contribution in [3.63, 3.8) is 0 Å². The van der Waals surface area contributed by atoms with Crippen molar-refractivity contribution in [1.82, 2.24) is 10.6 Å². The summed E-state index contributed by atoms with van der Waals surface area (Å²) in [6.07, 6.45) is 3.09. The van der Waals surface area contributed by atoms with Crippen LogP contribution in [0.25, 0.3) is 0 Å². The summed E-state index contributed by atoms with van der Waals surface area (Å²) in [6, 6.07) is -0.763. The number of aliphatic carboxylic acids is 1. The van der Waals surface area contributed by atoms with E-state index >= 15 is 0 Å². The summed E-state index contributed by atoms with van der Waals surface area (Å²) in [5, 5.41) is 12.8. The van der Waals surface area contributed by atoms with Gasteiger partial charge < -0.3 is 15.2 Å². The van der Waals surface area contributed by atoms with Crippen LogP contribution in [0.15, 0.2) is 12.2 Å². The van der Waals surface area contributed by atoms with E-state index in [-0.39, 0.29) is 6.04 Å². The molecule has 17 heavy (non-hydrogen) atoms. The maximum Gasteiger partial charge on any atom is 0.328 e. The summed E-state index contributed by atoms with van der Waals surface area (Å²) >= 11 is 0. The van der Waals surface area contributed by atoms with E-state index in [0.717, 1.165) is 18.9 Å². The summed E-state index contributed by atoms with van der Waals surface area (Å²) in [4.78, 5) is 32.5. The molecule has 0 bridgehead atoms. The number of urea groups is 1. The molecule has 1 aliphatic rings. The van der Waals surface area contributed by atoms with Crippen LogP contribution in [-0.2, 0) is 14.3 Å². The third-order valence-corrected chi connectivity index (χ3v) is 2.11. The number of hydrogen-bond donors (Lipinski definition) is 3. The molecule has 1 heterocycles. The number of carbonyl (C=O) groups excluding carboxylic acids is 2. The lowest BCUT2D eigenvalue weighted by molar-refractivity contribution is -0.131. The highest BCUT2D eigenvalue weighted by Crippen LogP contribution is 2.05. The molecule has 0 aliphatic carbocycles. The molecule has 0 radical (unpaired) electrons. The number of carboxylic acids is 1. The lowest BCUT2D eigenvalue weighted by Crippen LogP contribution is -2.47. The van der Waals surface area contributed by atoms with Gasteiger partial charge in [-0.05, 0) is 12.8 Å². The van der Waals surface area contributed by atoms with Gasteiger partial charge in [-0.1, -0.05) is 0 Å². The van der Waals surface area contributed by atoms with Gasteiger partial charge in [-0.3, -0.25) is 10.1 Å². The molecule has 1 saturated heterocycles. The molecule has 1 atom stereocenters. The maximum absolute atomic E-state index is 11.3. The second kappa shape index (κ2) is 6.64. The second-order valence-electron chi connectivity index (χ2n) is 3.55. The molecule has 0 saturated carbocycles. The Labute approximate surface area is 97.8 Å². The first kappa shape index (κ1) is 13.2. The third kappa shape index (κ3) is 5.67. The minimum absolute atomic E-state index is 0.111. The number of carbonyl (C=O) groups is 3. The van der Waals surface area contributed by atoms with Crippen molar-refractivity contribution < 1.29 is 24.2 Å². The van der Waals surface area contributed by atoms with Gasteiger partial charge in [0.2, 0.25) is 0 Å². The Bertz CT molecular complexity index is 334. The van der Waals surface area contributed by atoms with Crippen LogP contribution < -0.4 is 10.6 Å². The molecule has 0 aromatic carbocycles. The number of imide groups is 1. The Morgan fingerprint density at radius 2 is 2.06 bits per heavy atom. The van der Waals surface area contributed by atoms with Crippen LogP contribution >= 0.6 is 0 Å². The molecule has 0 aromatic heterocycles. The highest BCUT2D eigenvalue weighted by Gasteiger charge is 2.16. The van der Waals surface area contributed by atoms with E-state index in [1.807, 2.05) is 5.32 Å². The first-order chi connectivity index (χ1) is 8.08. The Morgan fingerprint density at radius 1 is 1.29 bits per heavy atom. The van der Waals surface area contributed by atoms with Crippen molar-refractivity contribution in [2.45, 2.75) is 18.9 Å². The smallest absolute Gasteiger partial charge is 0.328 e. The van der Waals surface area contributed by atoms with Crippen LogP contribution in [0.3, 0.4) is 0 Å². The van der Waals surface area contributed by atoms with Gasteiger partial charge in [-0.2, -0.15) is 0 Å². The Balaban J connectivity index is 2.28. The molecule has 0 aromatic rings. The molecule has 0 spiro atoms. The van der Waals surface area contributed by atoms with Crippen molar-refractivity contribution in [2.24, 2.45) is 0 Å². The van der Waals surface area contributed by atoms with E-state index in [9.17, 15) is 14.4 Å². The van der Waals surface area contributed by atoms with E-state index < -0.39 is 17.9 Å². The van der Waals surface area contributed by atoms with Gasteiger partial charge in [0.25, 0.3) is 5.91 Å². The predicted molar refractivity (Wildman–Crippen MR) is 57.3 cm³/mol. The highest BCUT2D eigenvalue weighted by molar-refractivity contribution is 6.02. The van der Waals surface area contributed by atoms with Gasteiger partial charge in [0.1, 0.15) is 0 Å². The highest BCUT2D eigenvalue weighted by atomic mass is 16.5. The second-order valence-corrected chi connectivity index (χ2v) is 3.55. The monoisotopic (exact) mass is 242 g/mol. The summed E-state index contributed by atoms with van der Waals surface area (Å²) in [5.74, 6) is -2.03. The van der Waals surface area contributed by atoms with Crippen molar-refractivity contribution >= 4 is 17.9 Å². The lowest BCUT2D eigenvalue weighted by atomic mass is 10.1. The van der Waals surface area contributed by atoms with Gasteiger partial charge in [0, 0.05) is 18.8 Å². The average Bonchev–Trinajstić information content (AvgIpc) is 2.27. The quantitative estimate of drug-likeness (QED) is 0.586. The van der Waals surface area contributed by atoms with Crippen LogP contribution in [0, 0.1) is 0 Å². The van der Waals surface area contributed by atoms with Crippen molar-refractivity contribution in [2.75, 3.05) is 13.2 Å². The third-order valence-electron chi connectivity index (χ3n) is 2.11. The normalized spacial score (nSPS) is 19.9. The largest absolute Gasteiger partial charge is 0.478 e. The standard InChI is InChI=1S/C10H14N2O5/c13-8(3-4-9(14)15)12-10(16)11-7-2-1-5-17-6-7/h3-4,7H,1-2,5-6H2,(H,14,15)(H2,11,12,13,16). The molecule has 7 heteroatoms. The van der Waals surface area contributed by atoms with Crippen LogP contribution in [0.1, 0.15) is 12.8 Å². The molecule has 3 amide bonds. The number of rotatable bonds is 3. The molecule has 1 fully saturated rings. The summed E-state index contributed by atoms with van der Waals surface area (Å²) < 4.78 is 5.15. The Morgan fingerprint density at radius 3 is 2.65 bits per heavy atom. The maximum atomic E-state index is 11.3. The number of hydrogen-bond acceptors (Lipinski definition) is 4. The molecule has 1 rings (SSSR count). The summed E-state index contributed by atoms with van der Waals surface area (Å²) in [7, 11) is 0. The fourth-order valence-corrected chi connectivity index (χ4v) is 1.38. The molecule has 3 N–H and O–H groups in total. The minimum atomic E-state index is -1.25. The Hall–Kier alpha value is -1.89. The van der Waals surface area contributed by atoms with Gasteiger partial charge in [-0.15, -0.1) is 0 Å². The molecule has 1 aliphatic heterocycles. The van der Waals surface area contributed by atoms with Crippen LogP contribution in [0.2, 0.25) is 0 Å². The van der Waals surface area contributed by atoms with Gasteiger partial charge in [0.15, 0.2) is 0 Å². The van der Waals surface area contributed by atoms with Gasteiger partial charge in [-0.25, -0.2) is 9.59 Å². The molecular formula is C10H14N2O5. The first-order valence-electron chi connectivity index (χ1n) is 5.18. The zero-order valence-electron chi connectivity index (χ0n) is 9.14. The zero-order valence-corrected chi connectivity index (χ0v) is 9.14. The van der Waals surface area contributed by atoms with Crippen molar-refractivity contribution in [1.29, 1.82) is 0 Å². The van der Waals surface area contributed by atoms with Crippen LogP contribution in [0.5, 0.6) is 0 Å². The molecular weight excluding hydrogens is 228 g/mol. The summed E-state index contributed by atoms with van der Waals surface area (Å²) in [5.41, 5.74) is 0. The van der Waals surface area contributed by atoms with E-state index in [1.54, 1.807) is 0 Å². The minimum Gasteiger partial charge on any atom is -0.478 e. The fraction of sp³-hybridized carbons (Fsp3) is 0.500. The fourth-order valence-electron chi connectivity index (χ4n) is 1.38. The van der Waals surface area contributed by atoms with E-state index in [2.05, 4.69) is 5.32 Å². The first-order valence-corrected chi connectivity index (χ1v) is 5.18. The van der Waals surface area contributed by atoms with Gasteiger partial charge >= 0.3 is 12.0 Å². The SMILES string of the molecule is O=C(O)C=CC(=O)NC(=O)NC1CCCOC1. The molecule has 94 valence electrons. The lowest BCUT2D eigenvalue weighted by Gasteiger charge is -2.22. The van der Waals surface area contributed by atoms with E-state index in [4.69, 9.17) is 9.84 Å². The van der Waals surface area contributed by atoms with E-state index in [1.165, 1.54) is 0 Å². The van der Waals surface area contributed by atoms with Crippen molar-refractivity contribution in [3.05, 3.63) is 12.2 Å². The van der Waals surface area contributed by atoms with Crippen LogP contribution in [0.4, 0.5) is 4.79 Å². The van der Waals surface area contributed by atoms with Gasteiger partial charge in [0.05, 0.1) is 12.6 Å². The number of amides is 3. The average molecular weight is 242 g/mol. The number of nitrogens with one attached hydrogen (secondary N) is 2. The van der Waals surface area contributed by atoms with Crippen LogP contribution in [-0.4, -0.2) is 42.3 Å². The Kier molecular flexibility index (Phi) is 5.15. The topological polar surface area (TPSA) is 105 Å². The molecule has 1 unspecified atom stereocenters. The zero-order chi connectivity index (χ0) is 12.7.